The number of hydrogen-bond donors (Lipinski definition) is 6. The molecule has 11 nitrogen and oxygen atoms in total. The predicted molar refractivity (Wildman–Crippen MR) is 108 cm³/mol. The van der Waals surface area contributed by atoms with Gasteiger partial charge in [0.2, 0.25) is 17.7 Å². The third kappa shape index (κ3) is 9.68. The molecule has 11 heteroatoms. The molecule has 0 radical (unpaired) electrons. The zero-order chi connectivity index (χ0) is 23.6. The molecule has 0 aromatic rings. The highest BCUT2D eigenvalue weighted by Crippen LogP contribution is 2.09. The number of carboxylic acid groups (broad SMARTS) is 2. The van der Waals surface area contributed by atoms with Gasteiger partial charge in [-0.1, -0.05) is 34.1 Å². The lowest BCUT2D eigenvalue weighted by molar-refractivity contribution is -0.147. The molecule has 0 saturated carbocycles. The summed E-state index contributed by atoms with van der Waals surface area (Å²) in [5.41, 5.74) is 5.91. The van der Waals surface area contributed by atoms with Crippen molar-refractivity contribution in [1.82, 2.24) is 16.0 Å². The summed E-state index contributed by atoms with van der Waals surface area (Å²) in [6.45, 7) is 8.77. The molecule has 30 heavy (non-hydrogen) atoms. The van der Waals surface area contributed by atoms with Gasteiger partial charge in [-0.25, -0.2) is 4.79 Å². The quantitative estimate of drug-likeness (QED) is 0.224. The second kappa shape index (κ2) is 12.8. The van der Waals surface area contributed by atoms with Crippen LogP contribution < -0.4 is 21.7 Å². The van der Waals surface area contributed by atoms with Gasteiger partial charge in [0.15, 0.2) is 0 Å². The summed E-state index contributed by atoms with van der Waals surface area (Å²) in [6, 6.07) is -4.50. The molecule has 7 N–H and O–H groups in total. The van der Waals surface area contributed by atoms with Gasteiger partial charge in [0.1, 0.15) is 18.1 Å². The number of rotatable bonds is 13. The van der Waals surface area contributed by atoms with Crippen LogP contribution in [0.1, 0.15) is 53.9 Å². The van der Waals surface area contributed by atoms with Gasteiger partial charge < -0.3 is 31.9 Å². The molecule has 5 unspecified atom stereocenters. The summed E-state index contributed by atoms with van der Waals surface area (Å²) < 4.78 is 0. The van der Waals surface area contributed by atoms with Gasteiger partial charge >= 0.3 is 11.9 Å². The third-order valence-electron chi connectivity index (χ3n) is 4.65. The summed E-state index contributed by atoms with van der Waals surface area (Å²) in [5.74, 6) is -4.89. The van der Waals surface area contributed by atoms with Crippen molar-refractivity contribution in [3.05, 3.63) is 0 Å². The molecule has 0 aliphatic carbocycles. The van der Waals surface area contributed by atoms with Crippen LogP contribution in [-0.4, -0.2) is 64.0 Å². The van der Waals surface area contributed by atoms with Crippen LogP contribution >= 0.6 is 0 Å². The molecule has 0 aromatic heterocycles. The maximum absolute atomic E-state index is 12.6. The number of carbonyl (C=O) groups is 5. The van der Waals surface area contributed by atoms with Gasteiger partial charge in [0.05, 0.1) is 12.5 Å². The summed E-state index contributed by atoms with van der Waals surface area (Å²) in [4.78, 5) is 59.0. The molecule has 0 spiro atoms. The number of carbonyl (C=O) groups excluding carboxylic acids is 3. The first-order valence-corrected chi connectivity index (χ1v) is 9.91. The molecule has 0 aromatic carbocycles. The van der Waals surface area contributed by atoms with Crippen molar-refractivity contribution in [3.63, 3.8) is 0 Å². The van der Waals surface area contributed by atoms with E-state index in [-0.39, 0.29) is 11.8 Å². The van der Waals surface area contributed by atoms with E-state index < -0.39 is 60.2 Å². The molecule has 0 aliphatic rings. The monoisotopic (exact) mass is 430 g/mol. The maximum atomic E-state index is 12.6. The number of carboxylic acids is 2. The second-order valence-corrected chi connectivity index (χ2v) is 7.83. The van der Waals surface area contributed by atoms with Gasteiger partial charge in [-0.05, 0) is 25.2 Å². The lowest BCUT2D eigenvalue weighted by Crippen LogP contribution is -2.57. The number of amides is 3. The Morgan fingerprint density at radius 2 is 1.37 bits per heavy atom. The van der Waals surface area contributed by atoms with Crippen LogP contribution in [0.25, 0.3) is 0 Å². The molecule has 0 fully saturated rings. The standard InChI is InChI=1S/C19H34N4O7/c1-6-10(4)15(20)18(28)22-12(7-9(2)3)17(27)21-11(5)16(26)23-13(19(29)30)8-14(24)25/h9-13,15H,6-8,20H2,1-5H3,(H,21,27)(H,22,28)(H,23,26)(H,24,25)(H,29,30). The highest BCUT2D eigenvalue weighted by molar-refractivity contribution is 5.94. The average molecular weight is 431 g/mol. The predicted octanol–water partition coefficient (Wildman–Crippen LogP) is -0.560. The fraction of sp³-hybridized carbons (Fsp3) is 0.737. The first-order chi connectivity index (χ1) is 13.8. The van der Waals surface area contributed by atoms with Gasteiger partial charge in [-0.2, -0.15) is 0 Å². The zero-order valence-electron chi connectivity index (χ0n) is 18.1. The minimum Gasteiger partial charge on any atom is -0.481 e. The average Bonchev–Trinajstić information content (AvgIpc) is 2.64. The molecule has 0 rings (SSSR count). The minimum absolute atomic E-state index is 0.0527. The van der Waals surface area contributed by atoms with Crippen LogP contribution in [0.2, 0.25) is 0 Å². The van der Waals surface area contributed by atoms with Crippen molar-refractivity contribution < 1.29 is 34.2 Å². The minimum atomic E-state index is -1.63. The number of nitrogens with one attached hydrogen (secondary N) is 3. The second-order valence-electron chi connectivity index (χ2n) is 7.83. The Balaban J connectivity index is 5.12. The molecular weight excluding hydrogens is 396 g/mol. The summed E-state index contributed by atoms with van der Waals surface area (Å²) in [7, 11) is 0. The van der Waals surface area contributed by atoms with Gasteiger partial charge in [0.25, 0.3) is 0 Å². The Hall–Kier alpha value is -2.69. The molecule has 0 heterocycles. The highest BCUT2D eigenvalue weighted by atomic mass is 16.4. The van der Waals surface area contributed by atoms with Crippen LogP contribution in [0, 0.1) is 11.8 Å². The van der Waals surface area contributed by atoms with E-state index in [1.54, 1.807) is 0 Å². The van der Waals surface area contributed by atoms with Crippen molar-refractivity contribution in [2.45, 2.75) is 78.0 Å². The van der Waals surface area contributed by atoms with Crippen LogP contribution in [-0.2, 0) is 24.0 Å². The molecular formula is C19H34N4O7. The Morgan fingerprint density at radius 3 is 1.80 bits per heavy atom. The summed E-state index contributed by atoms with van der Waals surface area (Å²) in [6.07, 6.45) is 0.186. The summed E-state index contributed by atoms with van der Waals surface area (Å²) >= 11 is 0. The van der Waals surface area contributed by atoms with E-state index in [9.17, 15) is 24.0 Å². The Bertz CT molecular complexity index is 638. The third-order valence-corrected chi connectivity index (χ3v) is 4.65. The van der Waals surface area contributed by atoms with E-state index in [1.807, 2.05) is 27.7 Å². The smallest absolute Gasteiger partial charge is 0.326 e. The van der Waals surface area contributed by atoms with Crippen molar-refractivity contribution in [2.75, 3.05) is 0 Å². The lowest BCUT2D eigenvalue weighted by atomic mass is 9.97. The van der Waals surface area contributed by atoms with E-state index in [2.05, 4.69) is 16.0 Å². The van der Waals surface area contributed by atoms with Crippen molar-refractivity contribution in [3.8, 4) is 0 Å². The van der Waals surface area contributed by atoms with Crippen LogP contribution in [0.3, 0.4) is 0 Å². The number of hydrogen-bond acceptors (Lipinski definition) is 6. The van der Waals surface area contributed by atoms with E-state index in [4.69, 9.17) is 15.9 Å². The normalized spacial score (nSPS) is 16.0. The van der Waals surface area contributed by atoms with Crippen molar-refractivity contribution in [2.24, 2.45) is 17.6 Å². The molecule has 0 bridgehead atoms. The van der Waals surface area contributed by atoms with Crippen LogP contribution in [0.4, 0.5) is 0 Å². The van der Waals surface area contributed by atoms with Crippen molar-refractivity contribution >= 4 is 29.7 Å². The molecule has 5 atom stereocenters. The maximum Gasteiger partial charge on any atom is 0.326 e. The number of nitrogens with two attached hydrogens (primary N) is 1. The Kier molecular flexibility index (Phi) is 11.6. The fourth-order valence-electron chi connectivity index (χ4n) is 2.53. The van der Waals surface area contributed by atoms with E-state index >= 15 is 0 Å². The molecule has 3 amide bonds. The van der Waals surface area contributed by atoms with Gasteiger partial charge in [0, 0.05) is 0 Å². The highest BCUT2D eigenvalue weighted by Gasteiger charge is 2.30. The van der Waals surface area contributed by atoms with E-state index in [0.29, 0.717) is 12.8 Å². The lowest BCUT2D eigenvalue weighted by Gasteiger charge is -2.25. The van der Waals surface area contributed by atoms with Crippen LogP contribution in [0.15, 0.2) is 0 Å². The SMILES string of the molecule is CCC(C)C(N)C(=O)NC(CC(C)C)C(=O)NC(C)C(=O)NC(CC(=O)O)C(=O)O. The van der Waals surface area contributed by atoms with E-state index in [0.717, 1.165) is 0 Å². The fourth-order valence-corrected chi connectivity index (χ4v) is 2.53. The summed E-state index contributed by atoms with van der Waals surface area (Å²) in [5, 5.41) is 24.9. The first kappa shape index (κ1) is 27.3. The Labute approximate surface area is 176 Å². The molecule has 0 saturated heterocycles. The topological polar surface area (TPSA) is 188 Å². The largest absolute Gasteiger partial charge is 0.481 e. The number of aliphatic carboxylic acids is 2. The van der Waals surface area contributed by atoms with Gasteiger partial charge in [-0.3, -0.25) is 19.2 Å². The van der Waals surface area contributed by atoms with Gasteiger partial charge in [-0.15, -0.1) is 0 Å². The molecule has 172 valence electrons. The van der Waals surface area contributed by atoms with E-state index in [1.165, 1.54) is 6.92 Å². The van der Waals surface area contributed by atoms with Crippen LogP contribution in [0.5, 0.6) is 0 Å². The molecule has 0 aliphatic heterocycles. The zero-order valence-corrected chi connectivity index (χ0v) is 18.1. The Morgan fingerprint density at radius 1 is 0.833 bits per heavy atom. The van der Waals surface area contributed by atoms with Crippen molar-refractivity contribution in [1.29, 1.82) is 0 Å². The first-order valence-electron chi connectivity index (χ1n) is 9.91.